The zero-order valence-corrected chi connectivity index (χ0v) is 15.7. The van der Waals surface area contributed by atoms with Crippen LogP contribution in [0.25, 0.3) is 22.0 Å². The summed E-state index contributed by atoms with van der Waals surface area (Å²) in [4.78, 5) is 4.36. The van der Waals surface area contributed by atoms with E-state index >= 15 is 0 Å². The van der Waals surface area contributed by atoms with Crippen LogP contribution in [-0.4, -0.2) is 23.3 Å². The first-order chi connectivity index (χ1) is 13.8. The van der Waals surface area contributed by atoms with Crippen LogP contribution in [0.2, 0.25) is 0 Å². The molecule has 0 spiro atoms. The van der Waals surface area contributed by atoms with Crippen LogP contribution in [0.3, 0.4) is 0 Å². The molecule has 4 rings (SSSR count). The molecular weight excluding hydrogens is 352 g/mol. The molecule has 2 heterocycles. The van der Waals surface area contributed by atoms with E-state index in [1.54, 1.807) is 13.3 Å². The predicted octanol–water partition coefficient (Wildman–Crippen LogP) is 4.60. The Labute approximate surface area is 163 Å². The van der Waals surface area contributed by atoms with Gasteiger partial charge in [-0.2, -0.15) is 10.5 Å². The van der Waals surface area contributed by atoms with Crippen LogP contribution in [0.5, 0.6) is 11.6 Å². The second-order valence-corrected chi connectivity index (χ2v) is 6.88. The molecule has 1 fully saturated rings. The predicted molar refractivity (Wildman–Crippen MR) is 105 cm³/mol. The summed E-state index contributed by atoms with van der Waals surface area (Å²) in [5, 5.41) is 19.2. The van der Waals surface area contributed by atoms with E-state index in [2.05, 4.69) is 21.8 Å². The lowest BCUT2D eigenvalue weighted by atomic mass is 10.0. The average Bonchev–Trinajstić information content (AvgIpc) is 3.40. The summed E-state index contributed by atoms with van der Waals surface area (Å²) in [6, 6.07) is 12.3. The largest absolute Gasteiger partial charge is 0.480 e. The molecule has 1 aromatic carbocycles. The minimum absolute atomic E-state index is 0.0175. The third-order valence-electron chi connectivity index (χ3n) is 5.31. The highest BCUT2D eigenvalue weighted by Gasteiger charge is 2.25. The fraction of sp³-hybridized carbons (Fsp3) is 0.318. The molecule has 1 aliphatic rings. The van der Waals surface area contributed by atoms with Gasteiger partial charge in [-0.05, 0) is 30.5 Å². The molecular formula is C22H20N4O2. The van der Waals surface area contributed by atoms with E-state index in [0.717, 1.165) is 34.9 Å². The van der Waals surface area contributed by atoms with Crippen LogP contribution in [0.4, 0.5) is 0 Å². The second-order valence-electron chi connectivity index (χ2n) is 6.88. The van der Waals surface area contributed by atoms with Gasteiger partial charge in [-0.3, -0.25) is 0 Å². The molecule has 3 aromatic rings. The normalized spacial score (nSPS) is 14.0. The van der Waals surface area contributed by atoms with Crippen LogP contribution in [0.1, 0.15) is 37.3 Å². The molecule has 0 N–H and O–H groups in total. The Hall–Kier alpha value is -3.51. The van der Waals surface area contributed by atoms with E-state index in [1.165, 1.54) is 12.8 Å². The van der Waals surface area contributed by atoms with Crippen molar-refractivity contribution in [3.8, 4) is 34.9 Å². The summed E-state index contributed by atoms with van der Waals surface area (Å²) in [6.45, 7) is 0.0175. The summed E-state index contributed by atoms with van der Waals surface area (Å²) in [5.41, 5.74) is 3.42. The molecule has 0 aliphatic heterocycles. The number of ether oxygens (including phenoxy) is 2. The first-order valence-corrected chi connectivity index (χ1v) is 9.34. The number of rotatable bonds is 5. The lowest BCUT2D eigenvalue weighted by molar-refractivity contribution is 0.368. The lowest BCUT2D eigenvalue weighted by Crippen LogP contribution is -2.04. The number of nitriles is 2. The molecule has 2 aromatic heterocycles. The van der Waals surface area contributed by atoms with Crippen molar-refractivity contribution < 1.29 is 9.47 Å². The van der Waals surface area contributed by atoms with Gasteiger partial charge in [-0.15, -0.1) is 0 Å². The van der Waals surface area contributed by atoms with Gasteiger partial charge < -0.3 is 14.0 Å². The minimum Gasteiger partial charge on any atom is -0.480 e. The fourth-order valence-electron chi connectivity index (χ4n) is 4.04. The highest BCUT2D eigenvalue weighted by atomic mass is 16.5. The number of fused-ring (bicyclic) bond motifs is 1. The first kappa shape index (κ1) is 17.9. The Kier molecular flexibility index (Phi) is 4.87. The van der Waals surface area contributed by atoms with Crippen molar-refractivity contribution in [3.63, 3.8) is 0 Å². The summed E-state index contributed by atoms with van der Waals surface area (Å²) >= 11 is 0. The van der Waals surface area contributed by atoms with Gasteiger partial charge in [0.2, 0.25) is 5.88 Å². The van der Waals surface area contributed by atoms with Gasteiger partial charge in [0, 0.05) is 17.8 Å². The molecule has 6 heteroatoms. The summed E-state index contributed by atoms with van der Waals surface area (Å²) < 4.78 is 13.1. The molecule has 1 saturated carbocycles. The van der Waals surface area contributed by atoms with Crippen molar-refractivity contribution in [2.75, 3.05) is 13.7 Å². The van der Waals surface area contributed by atoms with Crippen molar-refractivity contribution >= 4 is 10.9 Å². The number of methoxy groups -OCH3 is 1. The SMILES string of the molecule is COc1ncc(C#N)c2c1c(-c1ccc(OCC#N)cc1)cn2C1CCCC1. The smallest absolute Gasteiger partial charge is 0.223 e. The van der Waals surface area contributed by atoms with Crippen LogP contribution in [-0.2, 0) is 0 Å². The van der Waals surface area contributed by atoms with E-state index in [9.17, 15) is 5.26 Å². The van der Waals surface area contributed by atoms with Crippen molar-refractivity contribution in [2.24, 2.45) is 0 Å². The lowest BCUT2D eigenvalue weighted by Gasteiger charge is -2.14. The van der Waals surface area contributed by atoms with E-state index in [1.807, 2.05) is 30.3 Å². The molecule has 1 aliphatic carbocycles. The molecule has 0 amide bonds. The van der Waals surface area contributed by atoms with E-state index in [-0.39, 0.29) is 6.61 Å². The molecule has 0 atom stereocenters. The molecule has 6 nitrogen and oxygen atoms in total. The van der Waals surface area contributed by atoms with Gasteiger partial charge >= 0.3 is 0 Å². The van der Waals surface area contributed by atoms with Crippen LogP contribution in [0.15, 0.2) is 36.7 Å². The highest BCUT2D eigenvalue weighted by Crippen LogP contribution is 2.42. The van der Waals surface area contributed by atoms with Gasteiger partial charge in [0.1, 0.15) is 17.9 Å². The van der Waals surface area contributed by atoms with Crippen molar-refractivity contribution in [3.05, 3.63) is 42.2 Å². The van der Waals surface area contributed by atoms with E-state index in [0.29, 0.717) is 23.2 Å². The number of hydrogen-bond donors (Lipinski definition) is 0. The minimum atomic E-state index is 0.0175. The third kappa shape index (κ3) is 3.04. The monoisotopic (exact) mass is 372 g/mol. The van der Waals surface area contributed by atoms with Crippen molar-refractivity contribution in [1.29, 1.82) is 10.5 Å². The number of hydrogen-bond acceptors (Lipinski definition) is 5. The van der Waals surface area contributed by atoms with E-state index < -0.39 is 0 Å². The Morgan fingerprint density at radius 1 is 1.18 bits per heavy atom. The standard InChI is InChI=1S/C22H20N4O2/c1-27-22-20-19(15-6-8-18(9-7-15)28-11-10-23)14-26(17-4-2-3-5-17)21(20)16(12-24)13-25-22/h6-9,13-14,17H,2-5,11H2,1H3. The second kappa shape index (κ2) is 7.62. The average molecular weight is 372 g/mol. The number of pyridine rings is 1. The maximum absolute atomic E-state index is 9.68. The van der Waals surface area contributed by atoms with Gasteiger partial charge in [-0.1, -0.05) is 25.0 Å². The van der Waals surface area contributed by atoms with Gasteiger partial charge in [0.25, 0.3) is 0 Å². The van der Waals surface area contributed by atoms with Crippen LogP contribution in [0, 0.1) is 22.7 Å². The number of benzene rings is 1. The molecule has 0 bridgehead atoms. The highest BCUT2D eigenvalue weighted by molar-refractivity contribution is 6.02. The number of aromatic nitrogens is 2. The maximum Gasteiger partial charge on any atom is 0.223 e. The molecule has 140 valence electrons. The molecule has 28 heavy (non-hydrogen) atoms. The van der Waals surface area contributed by atoms with Crippen LogP contribution < -0.4 is 9.47 Å². The zero-order chi connectivity index (χ0) is 19.5. The number of nitrogens with zero attached hydrogens (tertiary/aromatic N) is 4. The van der Waals surface area contributed by atoms with Crippen molar-refractivity contribution in [2.45, 2.75) is 31.7 Å². The molecule has 0 unspecified atom stereocenters. The summed E-state index contributed by atoms with van der Waals surface area (Å²) in [6.07, 6.45) is 8.34. The Balaban J connectivity index is 1.90. The molecule has 0 radical (unpaired) electrons. The van der Waals surface area contributed by atoms with Gasteiger partial charge in [0.15, 0.2) is 6.61 Å². The zero-order valence-electron chi connectivity index (χ0n) is 15.7. The van der Waals surface area contributed by atoms with Gasteiger partial charge in [-0.25, -0.2) is 4.98 Å². The van der Waals surface area contributed by atoms with Crippen LogP contribution >= 0.6 is 0 Å². The maximum atomic E-state index is 9.68. The quantitative estimate of drug-likeness (QED) is 0.653. The Bertz CT molecular complexity index is 1080. The Morgan fingerprint density at radius 3 is 2.57 bits per heavy atom. The Morgan fingerprint density at radius 2 is 1.93 bits per heavy atom. The first-order valence-electron chi connectivity index (χ1n) is 9.34. The van der Waals surface area contributed by atoms with E-state index in [4.69, 9.17) is 14.7 Å². The van der Waals surface area contributed by atoms with Gasteiger partial charge in [0.05, 0.1) is 29.8 Å². The summed E-state index contributed by atoms with van der Waals surface area (Å²) in [5.74, 6) is 1.16. The third-order valence-corrected chi connectivity index (χ3v) is 5.31. The fourth-order valence-corrected chi connectivity index (χ4v) is 4.04. The topological polar surface area (TPSA) is 83.9 Å². The molecule has 0 saturated heterocycles. The van der Waals surface area contributed by atoms with Crippen molar-refractivity contribution in [1.82, 2.24) is 9.55 Å². The summed E-state index contributed by atoms with van der Waals surface area (Å²) in [7, 11) is 1.60.